The Labute approximate surface area is 148 Å². The van der Waals surface area contributed by atoms with Crippen molar-refractivity contribution in [2.45, 2.75) is 25.8 Å². The van der Waals surface area contributed by atoms with Crippen LogP contribution in [0.5, 0.6) is 17.2 Å². The van der Waals surface area contributed by atoms with Gasteiger partial charge in [0.1, 0.15) is 0 Å². The summed E-state index contributed by atoms with van der Waals surface area (Å²) in [5, 5.41) is 3.02. The zero-order chi connectivity index (χ0) is 18.2. The van der Waals surface area contributed by atoms with Gasteiger partial charge in [-0.05, 0) is 36.6 Å². The summed E-state index contributed by atoms with van der Waals surface area (Å²) in [6, 6.07) is 13.6. The van der Waals surface area contributed by atoms with Crippen molar-refractivity contribution < 1.29 is 19.0 Å². The van der Waals surface area contributed by atoms with Gasteiger partial charge < -0.3 is 19.5 Å². The molecule has 2 aromatic carbocycles. The maximum atomic E-state index is 12.2. The summed E-state index contributed by atoms with van der Waals surface area (Å²) in [6.45, 7) is 1.98. The van der Waals surface area contributed by atoms with Crippen LogP contribution in [-0.2, 0) is 11.2 Å². The number of methoxy groups -OCH3 is 3. The molecule has 1 atom stereocenters. The van der Waals surface area contributed by atoms with Gasteiger partial charge in [0.2, 0.25) is 11.7 Å². The lowest BCUT2D eigenvalue weighted by Crippen LogP contribution is -2.26. The van der Waals surface area contributed by atoms with Gasteiger partial charge in [-0.2, -0.15) is 0 Å². The Morgan fingerprint density at radius 2 is 1.60 bits per heavy atom. The van der Waals surface area contributed by atoms with Crippen LogP contribution in [0.25, 0.3) is 0 Å². The monoisotopic (exact) mass is 343 g/mol. The number of rotatable bonds is 8. The lowest BCUT2D eigenvalue weighted by atomic mass is 10.1. The highest BCUT2D eigenvalue weighted by Gasteiger charge is 2.14. The van der Waals surface area contributed by atoms with E-state index in [0.717, 1.165) is 11.1 Å². The van der Waals surface area contributed by atoms with E-state index in [2.05, 4.69) is 5.32 Å². The second-order valence-corrected chi connectivity index (χ2v) is 5.73. The minimum atomic E-state index is -0.0198. The lowest BCUT2D eigenvalue weighted by Gasteiger charge is -2.15. The molecule has 0 radical (unpaired) electrons. The maximum Gasteiger partial charge on any atom is 0.220 e. The molecule has 0 saturated carbocycles. The van der Waals surface area contributed by atoms with E-state index in [1.807, 2.05) is 49.4 Å². The smallest absolute Gasteiger partial charge is 0.220 e. The molecule has 0 fully saturated rings. The predicted octanol–water partition coefficient (Wildman–Crippen LogP) is 3.52. The highest BCUT2D eigenvalue weighted by atomic mass is 16.5. The molecule has 2 aromatic rings. The first kappa shape index (κ1) is 18.6. The Kier molecular flexibility index (Phi) is 6.69. The van der Waals surface area contributed by atoms with Crippen molar-refractivity contribution in [1.29, 1.82) is 0 Å². The summed E-state index contributed by atoms with van der Waals surface area (Å²) in [4.78, 5) is 12.2. The fraction of sp³-hybridized carbons (Fsp3) is 0.350. The minimum absolute atomic E-state index is 0.00473. The summed E-state index contributed by atoms with van der Waals surface area (Å²) < 4.78 is 16.0. The average Bonchev–Trinajstić information content (AvgIpc) is 2.65. The predicted molar refractivity (Wildman–Crippen MR) is 97.4 cm³/mol. The largest absolute Gasteiger partial charge is 0.493 e. The normalized spacial score (nSPS) is 11.5. The number of hydrogen-bond acceptors (Lipinski definition) is 4. The van der Waals surface area contributed by atoms with E-state index in [1.54, 1.807) is 21.3 Å². The van der Waals surface area contributed by atoms with Crippen molar-refractivity contribution in [2.24, 2.45) is 0 Å². The minimum Gasteiger partial charge on any atom is -0.493 e. The van der Waals surface area contributed by atoms with Crippen molar-refractivity contribution in [3.63, 3.8) is 0 Å². The molecule has 0 bridgehead atoms. The Morgan fingerprint density at radius 1 is 1.00 bits per heavy atom. The molecule has 1 amide bonds. The molecule has 1 N–H and O–H groups in total. The molecule has 0 spiro atoms. The van der Waals surface area contributed by atoms with Gasteiger partial charge in [0.15, 0.2) is 11.5 Å². The van der Waals surface area contributed by atoms with Crippen LogP contribution in [0.4, 0.5) is 0 Å². The molecular formula is C20H25NO4. The van der Waals surface area contributed by atoms with Crippen LogP contribution in [0.2, 0.25) is 0 Å². The second kappa shape index (κ2) is 8.97. The van der Waals surface area contributed by atoms with Crippen LogP contribution in [0.1, 0.15) is 30.5 Å². The van der Waals surface area contributed by atoms with Crippen LogP contribution >= 0.6 is 0 Å². The number of carbonyl (C=O) groups excluding carboxylic acids is 1. The topological polar surface area (TPSA) is 56.8 Å². The molecule has 0 saturated heterocycles. The van der Waals surface area contributed by atoms with E-state index in [-0.39, 0.29) is 11.9 Å². The van der Waals surface area contributed by atoms with Gasteiger partial charge in [0.25, 0.3) is 0 Å². The third kappa shape index (κ3) is 4.89. The summed E-state index contributed by atoms with van der Waals surface area (Å²) in [7, 11) is 4.73. The number of nitrogens with one attached hydrogen (secondary N) is 1. The van der Waals surface area contributed by atoms with E-state index < -0.39 is 0 Å². The van der Waals surface area contributed by atoms with Gasteiger partial charge in [-0.15, -0.1) is 0 Å². The van der Waals surface area contributed by atoms with E-state index in [4.69, 9.17) is 14.2 Å². The average molecular weight is 343 g/mol. The molecule has 25 heavy (non-hydrogen) atoms. The van der Waals surface area contributed by atoms with Crippen molar-refractivity contribution in [3.8, 4) is 17.2 Å². The van der Waals surface area contributed by atoms with Gasteiger partial charge >= 0.3 is 0 Å². The molecule has 0 unspecified atom stereocenters. The van der Waals surface area contributed by atoms with E-state index in [0.29, 0.717) is 30.1 Å². The molecule has 5 heteroatoms. The van der Waals surface area contributed by atoms with Crippen LogP contribution in [0, 0.1) is 0 Å². The molecule has 0 aliphatic rings. The summed E-state index contributed by atoms with van der Waals surface area (Å²) in [6.07, 6.45) is 0.972. The fourth-order valence-corrected chi connectivity index (χ4v) is 2.68. The van der Waals surface area contributed by atoms with Crippen molar-refractivity contribution >= 4 is 5.91 Å². The van der Waals surface area contributed by atoms with Gasteiger partial charge in [-0.25, -0.2) is 0 Å². The quantitative estimate of drug-likeness (QED) is 0.797. The molecule has 0 aliphatic carbocycles. The highest BCUT2D eigenvalue weighted by molar-refractivity contribution is 5.76. The SMILES string of the molecule is COc1cc(CCC(=O)N[C@@H](C)c2ccccc2)cc(OC)c1OC. The lowest BCUT2D eigenvalue weighted by molar-refractivity contribution is -0.121. The Bertz CT molecular complexity index is 675. The number of ether oxygens (including phenoxy) is 3. The van der Waals surface area contributed by atoms with E-state index >= 15 is 0 Å². The molecule has 0 heterocycles. The summed E-state index contributed by atoms with van der Waals surface area (Å²) >= 11 is 0. The number of amides is 1. The van der Waals surface area contributed by atoms with E-state index in [1.165, 1.54) is 0 Å². The number of aryl methyl sites for hydroxylation is 1. The van der Waals surface area contributed by atoms with Crippen molar-refractivity contribution in [2.75, 3.05) is 21.3 Å². The third-order valence-corrected chi connectivity index (χ3v) is 4.04. The number of benzene rings is 2. The van der Waals surface area contributed by atoms with Crippen molar-refractivity contribution in [3.05, 3.63) is 53.6 Å². The van der Waals surface area contributed by atoms with Gasteiger partial charge in [0, 0.05) is 6.42 Å². The standard InChI is InChI=1S/C20H25NO4/c1-14(16-8-6-5-7-9-16)21-19(22)11-10-15-12-17(23-2)20(25-4)18(13-15)24-3/h5-9,12-14H,10-11H2,1-4H3,(H,21,22)/t14-/m0/s1. The maximum absolute atomic E-state index is 12.2. The highest BCUT2D eigenvalue weighted by Crippen LogP contribution is 2.38. The third-order valence-electron chi connectivity index (χ3n) is 4.04. The molecule has 0 aliphatic heterocycles. The fourth-order valence-electron chi connectivity index (χ4n) is 2.68. The molecule has 5 nitrogen and oxygen atoms in total. The molecule has 0 aromatic heterocycles. The van der Waals surface area contributed by atoms with Crippen LogP contribution in [0.3, 0.4) is 0 Å². The Balaban J connectivity index is 1.99. The molecule has 2 rings (SSSR count). The molecular weight excluding hydrogens is 318 g/mol. The van der Waals surface area contributed by atoms with Crippen LogP contribution in [0.15, 0.2) is 42.5 Å². The molecule has 134 valence electrons. The second-order valence-electron chi connectivity index (χ2n) is 5.73. The van der Waals surface area contributed by atoms with E-state index in [9.17, 15) is 4.79 Å². The van der Waals surface area contributed by atoms with Gasteiger partial charge in [-0.3, -0.25) is 4.79 Å². The summed E-state index contributed by atoms with van der Waals surface area (Å²) in [5.74, 6) is 1.74. The van der Waals surface area contributed by atoms with Crippen LogP contribution < -0.4 is 19.5 Å². The van der Waals surface area contributed by atoms with Gasteiger partial charge in [0.05, 0.1) is 27.4 Å². The first-order valence-corrected chi connectivity index (χ1v) is 8.22. The zero-order valence-corrected chi connectivity index (χ0v) is 15.2. The van der Waals surface area contributed by atoms with Crippen molar-refractivity contribution in [1.82, 2.24) is 5.32 Å². The van der Waals surface area contributed by atoms with Gasteiger partial charge in [-0.1, -0.05) is 30.3 Å². The number of hydrogen-bond donors (Lipinski definition) is 1. The first-order chi connectivity index (χ1) is 12.1. The number of carbonyl (C=O) groups is 1. The zero-order valence-electron chi connectivity index (χ0n) is 15.2. The Morgan fingerprint density at radius 3 is 2.12 bits per heavy atom. The van der Waals surface area contributed by atoms with Crippen LogP contribution in [-0.4, -0.2) is 27.2 Å². The first-order valence-electron chi connectivity index (χ1n) is 8.22. The Hall–Kier alpha value is -2.69. The summed E-state index contributed by atoms with van der Waals surface area (Å²) in [5.41, 5.74) is 2.04.